The second kappa shape index (κ2) is 5.93. The van der Waals surface area contributed by atoms with E-state index in [-0.39, 0.29) is 6.04 Å². The number of nitrogens with zero attached hydrogens (tertiary/aromatic N) is 2. The smallest absolute Gasteiger partial charge is 0.246 e. The van der Waals surface area contributed by atoms with Gasteiger partial charge in [0.15, 0.2) is 0 Å². The molecule has 1 aromatic heterocycles. The molecule has 5 nitrogen and oxygen atoms in total. The number of hydrogen-bond acceptors (Lipinski definition) is 4. The van der Waals surface area contributed by atoms with Gasteiger partial charge in [-0.2, -0.15) is 4.31 Å². The topological polar surface area (TPSA) is 62.3 Å². The van der Waals surface area contributed by atoms with E-state index < -0.39 is 10.0 Å². The van der Waals surface area contributed by atoms with E-state index in [9.17, 15) is 8.42 Å². The highest BCUT2D eigenvalue weighted by Gasteiger charge is 2.40. The van der Waals surface area contributed by atoms with Gasteiger partial charge in [0.1, 0.15) is 4.90 Å². The van der Waals surface area contributed by atoms with Crippen LogP contribution in [0.25, 0.3) is 0 Å². The van der Waals surface area contributed by atoms with Crippen molar-refractivity contribution < 1.29 is 8.42 Å². The van der Waals surface area contributed by atoms with Crippen molar-refractivity contribution in [2.24, 2.45) is 5.92 Å². The van der Waals surface area contributed by atoms with Crippen molar-refractivity contribution in [1.29, 1.82) is 0 Å². The minimum atomic E-state index is -3.47. The van der Waals surface area contributed by atoms with Gasteiger partial charge in [-0.25, -0.2) is 8.42 Å². The molecule has 1 saturated carbocycles. The van der Waals surface area contributed by atoms with E-state index in [4.69, 9.17) is 0 Å². The maximum absolute atomic E-state index is 13.1. The van der Waals surface area contributed by atoms with Gasteiger partial charge in [0.25, 0.3) is 0 Å². The highest BCUT2D eigenvalue weighted by molar-refractivity contribution is 7.89. The second-order valence-electron chi connectivity index (χ2n) is 5.99. The lowest BCUT2D eigenvalue weighted by Crippen LogP contribution is -2.49. The molecular formula is C15H23N3O2S. The number of pyridine rings is 1. The Labute approximate surface area is 126 Å². The van der Waals surface area contributed by atoms with Crippen LogP contribution in [0.15, 0.2) is 23.4 Å². The summed E-state index contributed by atoms with van der Waals surface area (Å²) < 4.78 is 27.9. The number of aromatic nitrogens is 1. The Kier molecular flexibility index (Phi) is 4.17. The molecule has 0 bridgehead atoms. The molecule has 1 N–H and O–H groups in total. The predicted octanol–water partition coefficient (Wildman–Crippen LogP) is 2.47. The number of rotatable bonds is 3. The third-order valence-corrected chi connectivity index (χ3v) is 6.78. The zero-order valence-electron chi connectivity index (χ0n) is 12.5. The van der Waals surface area contributed by atoms with Crippen molar-refractivity contribution in [3.05, 3.63) is 18.5 Å². The molecule has 2 aliphatic rings. The van der Waals surface area contributed by atoms with Crippen LogP contribution in [0, 0.1) is 5.92 Å². The molecule has 2 unspecified atom stereocenters. The molecule has 0 spiro atoms. The molecule has 1 aliphatic heterocycles. The van der Waals surface area contributed by atoms with Crippen molar-refractivity contribution >= 4 is 15.7 Å². The van der Waals surface area contributed by atoms with Crippen LogP contribution in [0.3, 0.4) is 0 Å². The molecular weight excluding hydrogens is 286 g/mol. The van der Waals surface area contributed by atoms with Crippen molar-refractivity contribution in [3.63, 3.8) is 0 Å². The van der Waals surface area contributed by atoms with Gasteiger partial charge in [0.2, 0.25) is 10.0 Å². The molecule has 6 heteroatoms. The van der Waals surface area contributed by atoms with E-state index in [1.165, 1.54) is 25.5 Å². The highest BCUT2D eigenvalue weighted by atomic mass is 32.2. The van der Waals surface area contributed by atoms with Crippen LogP contribution < -0.4 is 5.32 Å². The average molecular weight is 309 g/mol. The summed E-state index contributed by atoms with van der Waals surface area (Å²) in [4.78, 5) is 4.32. The Morgan fingerprint density at radius 1 is 1.24 bits per heavy atom. The molecule has 0 aromatic carbocycles. The molecule has 1 saturated heterocycles. The first-order valence-electron chi connectivity index (χ1n) is 7.78. The Bertz CT molecular complexity index is 601. The molecule has 2 fully saturated rings. The molecule has 3 rings (SSSR count). The SMILES string of the molecule is CNc1ccncc1S(=O)(=O)N1CCCC2CCCCC21. The normalized spacial score (nSPS) is 27.1. The molecule has 2 atom stereocenters. The molecule has 21 heavy (non-hydrogen) atoms. The fraction of sp³-hybridized carbons (Fsp3) is 0.667. The summed E-state index contributed by atoms with van der Waals surface area (Å²) >= 11 is 0. The van der Waals surface area contributed by atoms with E-state index in [0.29, 0.717) is 23.0 Å². The van der Waals surface area contributed by atoms with E-state index in [1.54, 1.807) is 23.6 Å². The summed E-state index contributed by atoms with van der Waals surface area (Å²) in [5.74, 6) is 0.539. The summed E-state index contributed by atoms with van der Waals surface area (Å²) in [6, 6.07) is 1.90. The fourth-order valence-corrected chi connectivity index (χ4v) is 5.69. The first-order chi connectivity index (χ1) is 10.1. The van der Waals surface area contributed by atoms with Gasteiger partial charge in [-0.15, -0.1) is 0 Å². The molecule has 2 heterocycles. The zero-order valence-corrected chi connectivity index (χ0v) is 13.3. The van der Waals surface area contributed by atoms with Crippen molar-refractivity contribution in [2.75, 3.05) is 18.9 Å². The summed E-state index contributed by atoms with van der Waals surface area (Å²) in [7, 11) is -1.72. The molecule has 1 aromatic rings. The minimum Gasteiger partial charge on any atom is -0.387 e. The van der Waals surface area contributed by atoms with Crippen molar-refractivity contribution in [1.82, 2.24) is 9.29 Å². The van der Waals surface area contributed by atoms with Crippen molar-refractivity contribution in [3.8, 4) is 0 Å². The van der Waals surface area contributed by atoms with Crippen LogP contribution in [0.5, 0.6) is 0 Å². The van der Waals surface area contributed by atoms with E-state index >= 15 is 0 Å². The first kappa shape index (κ1) is 14.8. The third kappa shape index (κ3) is 2.66. The maximum Gasteiger partial charge on any atom is 0.246 e. The summed E-state index contributed by atoms with van der Waals surface area (Å²) in [5, 5.41) is 2.97. The molecule has 0 radical (unpaired) electrons. The van der Waals surface area contributed by atoms with Gasteiger partial charge < -0.3 is 5.32 Å². The molecule has 1 aliphatic carbocycles. The first-order valence-corrected chi connectivity index (χ1v) is 9.22. The quantitative estimate of drug-likeness (QED) is 0.931. The van der Waals surface area contributed by atoms with Crippen LogP contribution in [-0.4, -0.2) is 37.3 Å². The van der Waals surface area contributed by atoms with Gasteiger partial charge in [-0.05, 0) is 37.7 Å². The number of nitrogens with one attached hydrogen (secondary N) is 1. The standard InChI is InChI=1S/C15H23N3O2S/c1-16-13-8-9-17-11-15(13)21(19,20)18-10-4-6-12-5-2-3-7-14(12)18/h8-9,11-12,14H,2-7,10H2,1H3,(H,16,17). The van der Waals surface area contributed by atoms with Gasteiger partial charge in [0, 0.05) is 32.0 Å². The number of anilines is 1. The van der Waals surface area contributed by atoms with Gasteiger partial charge in [-0.3, -0.25) is 4.98 Å². The lowest BCUT2D eigenvalue weighted by atomic mass is 9.79. The Morgan fingerprint density at radius 3 is 2.81 bits per heavy atom. The van der Waals surface area contributed by atoms with E-state index in [2.05, 4.69) is 10.3 Å². The lowest BCUT2D eigenvalue weighted by Gasteiger charge is -2.43. The van der Waals surface area contributed by atoms with Gasteiger partial charge in [0.05, 0.1) is 5.69 Å². The third-order valence-electron chi connectivity index (χ3n) is 4.83. The Hall–Kier alpha value is -1.14. The van der Waals surface area contributed by atoms with Crippen LogP contribution in [0.2, 0.25) is 0 Å². The Balaban J connectivity index is 1.96. The van der Waals surface area contributed by atoms with Crippen LogP contribution >= 0.6 is 0 Å². The number of sulfonamides is 1. The molecule has 116 valence electrons. The highest BCUT2D eigenvalue weighted by Crippen LogP contribution is 2.38. The van der Waals surface area contributed by atoms with Crippen LogP contribution in [0.1, 0.15) is 38.5 Å². The number of fused-ring (bicyclic) bond motifs is 1. The lowest BCUT2D eigenvalue weighted by molar-refractivity contribution is 0.129. The summed E-state index contributed by atoms with van der Waals surface area (Å²) in [6.45, 7) is 0.640. The molecule has 0 amide bonds. The van der Waals surface area contributed by atoms with E-state index in [1.807, 2.05) is 0 Å². The summed E-state index contributed by atoms with van der Waals surface area (Å²) in [6.07, 6.45) is 9.76. The summed E-state index contributed by atoms with van der Waals surface area (Å²) in [5.41, 5.74) is 0.628. The minimum absolute atomic E-state index is 0.183. The van der Waals surface area contributed by atoms with Gasteiger partial charge in [-0.1, -0.05) is 12.8 Å². The average Bonchev–Trinajstić information content (AvgIpc) is 2.54. The monoisotopic (exact) mass is 309 g/mol. The van der Waals surface area contributed by atoms with Gasteiger partial charge >= 0.3 is 0 Å². The maximum atomic E-state index is 13.1. The van der Waals surface area contributed by atoms with Crippen LogP contribution in [0.4, 0.5) is 5.69 Å². The predicted molar refractivity (Wildman–Crippen MR) is 82.7 cm³/mol. The zero-order chi connectivity index (χ0) is 14.9. The second-order valence-corrected chi connectivity index (χ2v) is 7.85. The Morgan fingerprint density at radius 2 is 2.00 bits per heavy atom. The number of hydrogen-bond donors (Lipinski definition) is 1. The fourth-order valence-electron chi connectivity index (χ4n) is 3.80. The number of piperidine rings is 1. The van der Waals surface area contributed by atoms with Crippen molar-refractivity contribution in [2.45, 2.75) is 49.5 Å². The largest absolute Gasteiger partial charge is 0.387 e. The van der Waals surface area contributed by atoms with Crippen LogP contribution in [-0.2, 0) is 10.0 Å². The van der Waals surface area contributed by atoms with E-state index in [0.717, 1.165) is 19.3 Å².